The van der Waals surface area contributed by atoms with E-state index in [0.29, 0.717) is 29.9 Å². The number of alkyl halides is 3. The zero-order chi connectivity index (χ0) is 20.1. The fourth-order valence-corrected chi connectivity index (χ4v) is 3.11. The second-order valence-electron chi connectivity index (χ2n) is 5.63. The highest BCUT2D eigenvalue weighted by Crippen LogP contribution is 2.29. The third-order valence-electron chi connectivity index (χ3n) is 3.71. The maximum Gasteiger partial charge on any atom is 0.434 e. The van der Waals surface area contributed by atoms with E-state index in [0.717, 1.165) is 27.8 Å². The lowest BCUT2D eigenvalue weighted by Crippen LogP contribution is -2.39. The van der Waals surface area contributed by atoms with Crippen LogP contribution in [0.5, 0.6) is 0 Å². The number of aryl methyl sites for hydroxylation is 1. The molecule has 0 aliphatic heterocycles. The van der Waals surface area contributed by atoms with E-state index >= 15 is 0 Å². The predicted octanol–water partition coefficient (Wildman–Crippen LogP) is 2.23. The van der Waals surface area contributed by atoms with Crippen molar-refractivity contribution in [3.8, 4) is 0 Å². The Hall–Kier alpha value is -2.23. The van der Waals surface area contributed by atoms with Crippen LogP contribution in [0.4, 0.5) is 19.0 Å². The van der Waals surface area contributed by atoms with E-state index < -0.39 is 11.9 Å². The molecular formula is C15H19F3IN9S. The van der Waals surface area contributed by atoms with Gasteiger partial charge in [0.2, 0.25) is 0 Å². The number of hydrogen-bond donors (Lipinski definition) is 3. The summed E-state index contributed by atoms with van der Waals surface area (Å²) in [4.78, 5) is 16.0. The lowest BCUT2D eigenvalue weighted by molar-refractivity contribution is -0.140. The van der Waals surface area contributed by atoms with Gasteiger partial charge >= 0.3 is 6.18 Å². The van der Waals surface area contributed by atoms with Crippen LogP contribution in [0.1, 0.15) is 10.7 Å². The zero-order valence-corrected chi connectivity index (χ0v) is 18.6. The van der Waals surface area contributed by atoms with E-state index in [1.165, 1.54) is 6.33 Å². The normalized spacial score (nSPS) is 12.0. The van der Waals surface area contributed by atoms with E-state index in [4.69, 9.17) is 0 Å². The smallest absolute Gasteiger partial charge is 0.368 e. The quantitative estimate of drug-likeness (QED) is 0.190. The maximum absolute atomic E-state index is 12.6. The van der Waals surface area contributed by atoms with Crippen LogP contribution < -0.4 is 16.0 Å². The topological polar surface area (TPSA) is 105 Å². The Balaban J connectivity index is 0.00000300. The van der Waals surface area contributed by atoms with Gasteiger partial charge in [-0.15, -0.1) is 35.3 Å². The van der Waals surface area contributed by atoms with Gasteiger partial charge in [0, 0.05) is 32.6 Å². The van der Waals surface area contributed by atoms with Gasteiger partial charge in [0.25, 0.3) is 0 Å². The van der Waals surface area contributed by atoms with Gasteiger partial charge in [0.1, 0.15) is 17.2 Å². The Bertz CT molecular complexity index is 969. The molecule has 3 rings (SSSR count). The van der Waals surface area contributed by atoms with Gasteiger partial charge in [-0.05, 0) is 0 Å². The fraction of sp³-hybridized carbons (Fsp3) is 0.400. The molecule has 3 N–H and O–H groups in total. The lowest BCUT2D eigenvalue weighted by atomic mass is 10.4. The Kier molecular flexibility index (Phi) is 7.95. The first kappa shape index (κ1) is 23.1. The molecular weight excluding hydrogens is 522 g/mol. The van der Waals surface area contributed by atoms with E-state index in [-0.39, 0.29) is 30.5 Å². The summed E-state index contributed by atoms with van der Waals surface area (Å²) in [5, 5.41) is 15.5. The van der Waals surface area contributed by atoms with Gasteiger partial charge in [-0.25, -0.2) is 15.0 Å². The minimum absolute atomic E-state index is 0. The van der Waals surface area contributed by atoms with Gasteiger partial charge in [0.05, 0.1) is 18.1 Å². The Morgan fingerprint density at radius 3 is 2.72 bits per heavy atom. The fourth-order valence-electron chi connectivity index (χ4n) is 2.37. The molecule has 3 heterocycles. The van der Waals surface area contributed by atoms with Crippen LogP contribution in [-0.2, 0) is 19.8 Å². The molecule has 0 saturated carbocycles. The van der Waals surface area contributed by atoms with Gasteiger partial charge in [-0.2, -0.15) is 18.3 Å². The van der Waals surface area contributed by atoms with Gasteiger partial charge in [0.15, 0.2) is 17.3 Å². The van der Waals surface area contributed by atoms with Crippen LogP contribution in [0.25, 0.3) is 11.0 Å². The first-order chi connectivity index (χ1) is 13.4. The van der Waals surface area contributed by atoms with Crippen molar-refractivity contribution in [2.24, 2.45) is 12.0 Å². The molecule has 0 aromatic carbocycles. The molecule has 0 amide bonds. The Labute approximate surface area is 185 Å². The molecule has 0 saturated heterocycles. The average Bonchev–Trinajstić information content (AvgIpc) is 3.29. The van der Waals surface area contributed by atoms with Crippen LogP contribution in [0.3, 0.4) is 0 Å². The molecule has 0 unspecified atom stereocenters. The molecule has 3 aromatic rings. The first-order valence-electron chi connectivity index (χ1n) is 8.21. The molecule has 0 spiro atoms. The molecule has 0 atom stereocenters. The van der Waals surface area contributed by atoms with Crippen molar-refractivity contribution in [3.05, 3.63) is 28.6 Å². The molecule has 0 fully saturated rings. The van der Waals surface area contributed by atoms with Crippen LogP contribution in [0.15, 0.2) is 22.9 Å². The molecule has 29 heavy (non-hydrogen) atoms. The number of hydrogen-bond acceptors (Lipinski definition) is 7. The summed E-state index contributed by atoms with van der Waals surface area (Å²) in [6, 6.07) is 0. The van der Waals surface area contributed by atoms with Crippen molar-refractivity contribution in [3.63, 3.8) is 0 Å². The second-order valence-corrected chi connectivity index (χ2v) is 6.57. The molecule has 158 valence electrons. The van der Waals surface area contributed by atoms with Gasteiger partial charge in [-0.3, -0.25) is 9.67 Å². The first-order valence-corrected chi connectivity index (χ1v) is 9.09. The van der Waals surface area contributed by atoms with Crippen LogP contribution in [0.2, 0.25) is 0 Å². The summed E-state index contributed by atoms with van der Waals surface area (Å²) in [6.07, 6.45) is -1.28. The standard InChI is InChI=1S/C15H18F3N9S.HI/c1-19-14(22-6-11-26-10(7-28-11)15(16,17)18)21-4-3-20-12-9-5-25-27(2)13(9)24-8-23-12;/h5,7-8H,3-4,6H2,1-2H3,(H2,19,21,22)(H,20,23,24);1H. The monoisotopic (exact) mass is 541 g/mol. The van der Waals surface area contributed by atoms with Crippen molar-refractivity contribution >= 4 is 58.1 Å². The van der Waals surface area contributed by atoms with E-state index in [1.54, 1.807) is 25.0 Å². The van der Waals surface area contributed by atoms with Crippen LogP contribution in [-0.4, -0.2) is 50.8 Å². The zero-order valence-electron chi connectivity index (χ0n) is 15.5. The number of guanidine groups is 1. The highest BCUT2D eigenvalue weighted by molar-refractivity contribution is 14.0. The number of anilines is 1. The van der Waals surface area contributed by atoms with Crippen LogP contribution in [0, 0.1) is 0 Å². The van der Waals surface area contributed by atoms with Crippen molar-refractivity contribution in [1.82, 2.24) is 35.4 Å². The summed E-state index contributed by atoms with van der Waals surface area (Å²) in [6.45, 7) is 1.20. The van der Waals surface area contributed by atoms with Gasteiger partial charge < -0.3 is 16.0 Å². The number of nitrogens with zero attached hydrogens (tertiary/aromatic N) is 6. The van der Waals surface area contributed by atoms with Crippen molar-refractivity contribution in [2.75, 3.05) is 25.5 Å². The molecule has 0 radical (unpaired) electrons. The third kappa shape index (κ3) is 5.88. The number of nitrogens with one attached hydrogen (secondary N) is 3. The minimum Gasteiger partial charge on any atom is -0.368 e. The molecule has 0 aliphatic carbocycles. The number of aromatic nitrogens is 5. The number of halogens is 4. The second kappa shape index (κ2) is 10.00. The van der Waals surface area contributed by atoms with Crippen molar-refractivity contribution < 1.29 is 13.2 Å². The molecule has 3 aromatic heterocycles. The van der Waals surface area contributed by atoms with E-state index in [1.807, 2.05) is 0 Å². The molecule has 9 nitrogen and oxygen atoms in total. The maximum atomic E-state index is 12.6. The molecule has 0 bridgehead atoms. The summed E-state index contributed by atoms with van der Waals surface area (Å²) in [5.41, 5.74) is -0.155. The Morgan fingerprint density at radius 1 is 1.24 bits per heavy atom. The SMILES string of the molecule is CN=C(NCCNc1ncnc2c1cnn2C)NCc1nc(C(F)(F)F)cs1.I. The summed E-state index contributed by atoms with van der Waals surface area (Å²) in [7, 11) is 3.38. The van der Waals surface area contributed by atoms with Crippen molar-refractivity contribution in [1.29, 1.82) is 0 Å². The lowest BCUT2D eigenvalue weighted by Gasteiger charge is -2.12. The van der Waals surface area contributed by atoms with Crippen LogP contribution >= 0.6 is 35.3 Å². The number of thiazole rings is 1. The van der Waals surface area contributed by atoms with Crippen molar-refractivity contribution in [2.45, 2.75) is 12.7 Å². The summed E-state index contributed by atoms with van der Waals surface area (Å²) >= 11 is 0.947. The van der Waals surface area contributed by atoms with Gasteiger partial charge in [-0.1, -0.05) is 0 Å². The average molecular weight is 541 g/mol. The molecule has 14 heteroatoms. The minimum atomic E-state index is -4.43. The molecule has 0 aliphatic rings. The number of aliphatic imine (C=N–C) groups is 1. The third-order valence-corrected chi connectivity index (χ3v) is 4.56. The summed E-state index contributed by atoms with van der Waals surface area (Å²) < 4.78 is 39.4. The Morgan fingerprint density at radius 2 is 2.03 bits per heavy atom. The predicted molar refractivity (Wildman–Crippen MR) is 116 cm³/mol. The number of fused-ring (bicyclic) bond motifs is 1. The van der Waals surface area contributed by atoms with E-state index in [2.05, 4.69) is 41.0 Å². The highest BCUT2D eigenvalue weighted by Gasteiger charge is 2.33. The largest absolute Gasteiger partial charge is 0.434 e. The highest BCUT2D eigenvalue weighted by atomic mass is 127. The van der Waals surface area contributed by atoms with E-state index in [9.17, 15) is 13.2 Å². The summed E-state index contributed by atoms with van der Waals surface area (Å²) in [5.74, 6) is 1.13. The number of rotatable bonds is 6.